The fourth-order valence-electron chi connectivity index (χ4n) is 2.89. The number of rotatable bonds is 6. The van der Waals surface area contributed by atoms with Crippen LogP contribution in [0.4, 0.5) is 10.5 Å². The van der Waals surface area contributed by atoms with Crippen molar-refractivity contribution in [3.8, 4) is 0 Å². The smallest absolute Gasteiger partial charge is 0.321 e. The second kappa shape index (κ2) is 8.56. The van der Waals surface area contributed by atoms with Gasteiger partial charge in [0.05, 0.1) is 0 Å². The van der Waals surface area contributed by atoms with Gasteiger partial charge in [0.2, 0.25) is 5.91 Å². The second-order valence-corrected chi connectivity index (χ2v) is 6.22. The molecule has 5 nitrogen and oxygen atoms in total. The first-order chi connectivity index (χ1) is 11.1. The number of carbonyl (C=O) groups is 2. The van der Waals surface area contributed by atoms with Crippen molar-refractivity contribution in [2.24, 2.45) is 0 Å². The predicted octanol–water partition coefficient (Wildman–Crippen LogP) is 3.16. The van der Waals surface area contributed by atoms with E-state index in [0.29, 0.717) is 13.1 Å². The first-order valence-corrected chi connectivity index (χ1v) is 8.50. The average Bonchev–Trinajstić information content (AvgIpc) is 2.97. The van der Waals surface area contributed by atoms with Crippen LogP contribution < -0.4 is 10.6 Å². The summed E-state index contributed by atoms with van der Waals surface area (Å²) in [5, 5.41) is 5.79. The molecular weight excluding hydrogens is 290 g/mol. The fourth-order valence-corrected chi connectivity index (χ4v) is 2.89. The van der Waals surface area contributed by atoms with Crippen LogP contribution in [-0.4, -0.2) is 36.0 Å². The molecule has 1 fully saturated rings. The molecule has 1 aliphatic heterocycles. The molecule has 5 heteroatoms. The van der Waals surface area contributed by atoms with Crippen LogP contribution in [0.15, 0.2) is 24.3 Å². The summed E-state index contributed by atoms with van der Waals surface area (Å²) in [6, 6.07) is 8.04. The van der Waals surface area contributed by atoms with Crippen molar-refractivity contribution >= 4 is 17.6 Å². The molecule has 1 saturated heterocycles. The zero-order chi connectivity index (χ0) is 16.7. The quantitative estimate of drug-likeness (QED) is 0.792. The number of unbranched alkanes of at least 4 members (excludes halogenated alkanes) is 2. The summed E-state index contributed by atoms with van der Waals surface area (Å²) in [6.45, 7) is 4.95. The van der Waals surface area contributed by atoms with Crippen LogP contribution in [0.25, 0.3) is 0 Å². The Balaban J connectivity index is 1.80. The minimum atomic E-state index is -0.100. The Hall–Kier alpha value is -2.04. The first-order valence-electron chi connectivity index (χ1n) is 8.50. The molecule has 1 aliphatic rings. The third-order valence-electron chi connectivity index (χ3n) is 4.16. The molecule has 2 N–H and O–H groups in total. The molecule has 3 amide bonds. The monoisotopic (exact) mass is 317 g/mol. The molecular formula is C18H27N3O2. The van der Waals surface area contributed by atoms with Crippen LogP contribution in [-0.2, 0) is 11.2 Å². The van der Waals surface area contributed by atoms with Gasteiger partial charge in [0, 0.05) is 31.7 Å². The molecule has 126 valence electrons. The molecule has 1 aromatic carbocycles. The lowest BCUT2D eigenvalue weighted by Crippen LogP contribution is -2.38. The summed E-state index contributed by atoms with van der Waals surface area (Å²) in [7, 11) is 0. The molecule has 0 unspecified atom stereocenters. The van der Waals surface area contributed by atoms with E-state index >= 15 is 0 Å². The highest BCUT2D eigenvalue weighted by Gasteiger charge is 2.26. The number of amides is 3. The van der Waals surface area contributed by atoms with E-state index in [1.54, 1.807) is 4.90 Å². The number of benzene rings is 1. The topological polar surface area (TPSA) is 61.4 Å². The first kappa shape index (κ1) is 17.3. The molecule has 1 aromatic rings. The number of hydrogen-bond acceptors (Lipinski definition) is 2. The summed E-state index contributed by atoms with van der Waals surface area (Å²) in [5.74, 6) is -0.0454. The lowest BCUT2D eigenvalue weighted by Gasteiger charge is -2.17. The Morgan fingerprint density at radius 3 is 2.61 bits per heavy atom. The van der Waals surface area contributed by atoms with E-state index in [1.165, 1.54) is 31.7 Å². The van der Waals surface area contributed by atoms with E-state index in [1.807, 2.05) is 12.1 Å². The summed E-state index contributed by atoms with van der Waals surface area (Å²) in [6.07, 6.45) is 5.59. The van der Waals surface area contributed by atoms with E-state index in [4.69, 9.17) is 0 Å². The van der Waals surface area contributed by atoms with Crippen molar-refractivity contribution in [2.45, 2.75) is 52.0 Å². The van der Waals surface area contributed by atoms with Gasteiger partial charge in [-0.05, 0) is 37.0 Å². The third kappa shape index (κ3) is 5.58. The molecule has 2 rings (SSSR count). The lowest BCUT2D eigenvalue weighted by molar-refractivity contribution is -0.119. The predicted molar refractivity (Wildman–Crippen MR) is 92.5 cm³/mol. The standard InChI is InChI=1S/C18H27N3O2/c1-3-4-5-6-15-7-9-16(10-8-15)20-18(23)21-12-11-17(13-21)19-14(2)22/h7-10,17H,3-6,11-13H2,1-2H3,(H,19,22)(H,20,23)/t17-/m0/s1. The Morgan fingerprint density at radius 1 is 1.22 bits per heavy atom. The van der Waals surface area contributed by atoms with Crippen LogP contribution >= 0.6 is 0 Å². The number of urea groups is 1. The minimum Gasteiger partial charge on any atom is -0.352 e. The van der Waals surface area contributed by atoms with Crippen molar-refractivity contribution in [3.05, 3.63) is 29.8 Å². The molecule has 0 aliphatic carbocycles. The van der Waals surface area contributed by atoms with Crippen molar-refractivity contribution < 1.29 is 9.59 Å². The maximum Gasteiger partial charge on any atom is 0.321 e. The van der Waals surface area contributed by atoms with Gasteiger partial charge < -0.3 is 15.5 Å². The largest absolute Gasteiger partial charge is 0.352 e. The lowest BCUT2D eigenvalue weighted by atomic mass is 10.1. The van der Waals surface area contributed by atoms with Crippen molar-refractivity contribution in [1.82, 2.24) is 10.2 Å². The van der Waals surface area contributed by atoms with Crippen LogP contribution in [0.5, 0.6) is 0 Å². The van der Waals surface area contributed by atoms with Crippen LogP contribution in [0.2, 0.25) is 0 Å². The highest BCUT2D eigenvalue weighted by Crippen LogP contribution is 2.15. The van der Waals surface area contributed by atoms with Gasteiger partial charge in [0.15, 0.2) is 0 Å². The van der Waals surface area contributed by atoms with E-state index in [9.17, 15) is 9.59 Å². The zero-order valence-corrected chi connectivity index (χ0v) is 14.1. The average molecular weight is 317 g/mol. The normalized spacial score (nSPS) is 17.1. The van der Waals surface area contributed by atoms with E-state index in [0.717, 1.165) is 18.5 Å². The molecule has 0 radical (unpaired) electrons. The summed E-state index contributed by atoms with van der Waals surface area (Å²) < 4.78 is 0. The summed E-state index contributed by atoms with van der Waals surface area (Å²) in [5.41, 5.74) is 2.13. The van der Waals surface area contributed by atoms with Gasteiger partial charge in [0.25, 0.3) is 0 Å². The highest BCUT2D eigenvalue weighted by atomic mass is 16.2. The number of carbonyl (C=O) groups excluding carboxylic acids is 2. The molecule has 1 heterocycles. The third-order valence-corrected chi connectivity index (χ3v) is 4.16. The number of anilines is 1. The zero-order valence-electron chi connectivity index (χ0n) is 14.1. The SMILES string of the molecule is CCCCCc1ccc(NC(=O)N2CC[C@H](NC(C)=O)C2)cc1. The van der Waals surface area contributed by atoms with E-state index in [-0.39, 0.29) is 18.0 Å². The molecule has 0 aromatic heterocycles. The molecule has 0 spiro atoms. The van der Waals surface area contributed by atoms with Crippen molar-refractivity contribution in [3.63, 3.8) is 0 Å². The van der Waals surface area contributed by atoms with Gasteiger partial charge in [-0.15, -0.1) is 0 Å². The van der Waals surface area contributed by atoms with Crippen molar-refractivity contribution in [2.75, 3.05) is 18.4 Å². The van der Waals surface area contributed by atoms with Crippen LogP contribution in [0, 0.1) is 0 Å². The van der Waals surface area contributed by atoms with E-state index < -0.39 is 0 Å². The fraction of sp³-hybridized carbons (Fsp3) is 0.556. The van der Waals surface area contributed by atoms with Gasteiger partial charge in [0.1, 0.15) is 0 Å². The highest BCUT2D eigenvalue weighted by molar-refractivity contribution is 5.89. The second-order valence-electron chi connectivity index (χ2n) is 6.22. The van der Waals surface area contributed by atoms with Gasteiger partial charge >= 0.3 is 6.03 Å². The summed E-state index contributed by atoms with van der Waals surface area (Å²) >= 11 is 0. The number of likely N-dealkylation sites (tertiary alicyclic amines) is 1. The maximum atomic E-state index is 12.2. The number of aryl methyl sites for hydroxylation is 1. The Labute approximate surface area is 138 Å². The Bertz CT molecular complexity index is 528. The number of nitrogens with one attached hydrogen (secondary N) is 2. The Kier molecular flexibility index (Phi) is 6.44. The Morgan fingerprint density at radius 2 is 1.96 bits per heavy atom. The molecule has 0 saturated carbocycles. The minimum absolute atomic E-state index is 0.0454. The number of nitrogens with zero attached hydrogens (tertiary/aromatic N) is 1. The van der Waals surface area contributed by atoms with Crippen LogP contribution in [0.1, 0.15) is 45.1 Å². The maximum absolute atomic E-state index is 12.2. The van der Waals surface area contributed by atoms with Gasteiger partial charge in [-0.3, -0.25) is 4.79 Å². The van der Waals surface area contributed by atoms with E-state index in [2.05, 4.69) is 29.7 Å². The van der Waals surface area contributed by atoms with Gasteiger partial charge in [-0.25, -0.2) is 4.79 Å². The van der Waals surface area contributed by atoms with Gasteiger partial charge in [-0.1, -0.05) is 31.9 Å². The molecule has 23 heavy (non-hydrogen) atoms. The molecule has 0 bridgehead atoms. The number of hydrogen-bond donors (Lipinski definition) is 2. The summed E-state index contributed by atoms with van der Waals surface area (Å²) in [4.78, 5) is 25.1. The van der Waals surface area contributed by atoms with Crippen LogP contribution in [0.3, 0.4) is 0 Å². The molecule has 1 atom stereocenters. The van der Waals surface area contributed by atoms with Gasteiger partial charge in [-0.2, -0.15) is 0 Å². The van der Waals surface area contributed by atoms with Crippen molar-refractivity contribution in [1.29, 1.82) is 0 Å².